The summed E-state index contributed by atoms with van der Waals surface area (Å²) in [6.07, 6.45) is 1.60. The number of hydrogen-bond donors (Lipinski definition) is 1. The second kappa shape index (κ2) is 5.69. The molecule has 0 radical (unpaired) electrons. The van der Waals surface area contributed by atoms with Gasteiger partial charge >= 0.3 is 0 Å². The maximum Gasteiger partial charge on any atom is 0.262 e. The topological polar surface area (TPSA) is 74.9 Å². The Bertz CT molecular complexity index is 712. The summed E-state index contributed by atoms with van der Waals surface area (Å²) in [5, 5.41) is 8.93. The summed E-state index contributed by atoms with van der Waals surface area (Å²) in [6, 6.07) is 4.84. The van der Waals surface area contributed by atoms with Gasteiger partial charge in [-0.2, -0.15) is 4.31 Å². The summed E-state index contributed by atoms with van der Waals surface area (Å²) in [7, 11) is -3.83. The highest BCUT2D eigenvalue weighted by atomic mass is 35.5. The summed E-state index contributed by atoms with van der Waals surface area (Å²) in [5.41, 5.74) is 0.462. The Morgan fingerprint density at radius 2 is 2.15 bits per heavy atom. The van der Waals surface area contributed by atoms with Crippen molar-refractivity contribution in [2.24, 2.45) is 0 Å². The van der Waals surface area contributed by atoms with Gasteiger partial charge in [0.05, 0.1) is 6.61 Å². The van der Waals surface area contributed by atoms with E-state index in [0.717, 1.165) is 0 Å². The van der Waals surface area contributed by atoms with Gasteiger partial charge in [0.1, 0.15) is 5.65 Å². The van der Waals surface area contributed by atoms with Crippen LogP contribution in [0.5, 0.6) is 0 Å². The van der Waals surface area contributed by atoms with E-state index in [9.17, 15) is 8.42 Å². The lowest BCUT2D eigenvalue weighted by Crippen LogP contribution is -2.39. The van der Waals surface area contributed by atoms with Crippen LogP contribution in [0.25, 0.3) is 5.65 Å². The van der Waals surface area contributed by atoms with Crippen LogP contribution in [0.2, 0.25) is 5.15 Å². The molecule has 0 bridgehead atoms. The maximum atomic E-state index is 12.7. The number of aliphatic hydroxyl groups excluding tert-OH is 1. The molecule has 8 heteroatoms. The van der Waals surface area contributed by atoms with E-state index in [2.05, 4.69) is 4.98 Å². The highest BCUT2D eigenvalue weighted by molar-refractivity contribution is 7.89. The summed E-state index contributed by atoms with van der Waals surface area (Å²) in [4.78, 5) is 4.04. The summed E-state index contributed by atoms with van der Waals surface area (Å²) in [6.45, 7) is 3.23. The second-order valence-corrected chi connectivity index (χ2v) is 6.73. The lowest BCUT2D eigenvalue weighted by Gasteiger charge is -2.24. The van der Waals surface area contributed by atoms with Gasteiger partial charge in [-0.05, 0) is 26.0 Å². The van der Waals surface area contributed by atoms with Crippen LogP contribution >= 0.6 is 11.6 Å². The SMILES string of the molecule is CC(C)N(CCO)S(=O)(=O)c1c(Cl)nc2ccccn12. The third-order valence-electron chi connectivity index (χ3n) is 2.90. The first kappa shape index (κ1) is 15.2. The van der Waals surface area contributed by atoms with E-state index in [-0.39, 0.29) is 29.4 Å². The fourth-order valence-electron chi connectivity index (χ4n) is 2.04. The fourth-order valence-corrected chi connectivity index (χ4v) is 4.27. The Morgan fingerprint density at radius 3 is 2.75 bits per heavy atom. The van der Waals surface area contributed by atoms with Crippen LogP contribution in [0.3, 0.4) is 0 Å². The van der Waals surface area contributed by atoms with E-state index in [1.807, 2.05) is 0 Å². The molecule has 6 nitrogen and oxygen atoms in total. The molecule has 0 spiro atoms. The predicted molar refractivity (Wildman–Crippen MR) is 76.3 cm³/mol. The zero-order chi connectivity index (χ0) is 14.9. The summed E-state index contributed by atoms with van der Waals surface area (Å²) < 4.78 is 28.1. The molecule has 0 saturated heterocycles. The van der Waals surface area contributed by atoms with Crippen LogP contribution in [0, 0.1) is 0 Å². The van der Waals surface area contributed by atoms with Crippen LogP contribution in [-0.2, 0) is 10.0 Å². The van der Waals surface area contributed by atoms with E-state index < -0.39 is 10.0 Å². The quantitative estimate of drug-likeness (QED) is 0.904. The first-order chi connectivity index (χ1) is 9.39. The monoisotopic (exact) mass is 317 g/mol. The minimum absolute atomic E-state index is 0.0103. The van der Waals surface area contributed by atoms with Gasteiger partial charge in [-0.1, -0.05) is 17.7 Å². The van der Waals surface area contributed by atoms with Crippen LogP contribution in [0.15, 0.2) is 29.4 Å². The lowest BCUT2D eigenvalue weighted by molar-refractivity contribution is 0.236. The first-order valence-corrected chi connectivity index (χ1v) is 7.96. The van der Waals surface area contributed by atoms with Crippen LogP contribution in [-0.4, -0.2) is 46.4 Å². The number of halogens is 1. The number of aliphatic hydroxyl groups is 1. The highest BCUT2D eigenvalue weighted by Crippen LogP contribution is 2.26. The number of nitrogens with zero attached hydrogens (tertiary/aromatic N) is 3. The second-order valence-electron chi connectivity index (χ2n) is 4.57. The van der Waals surface area contributed by atoms with E-state index in [4.69, 9.17) is 16.7 Å². The van der Waals surface area contributed by atoms with Crippen LogP contribution in [0.1, 0.15) is 13.8 Å². The normalized spacial score (nSPS) is 12.7. The third kappa shape index (κ3) is 2.54. The molecule has 0 atom stereocenters. The third-order valence-corrected chi connectivity index (χ3v) is 5.37. The molecular weight excluding hydrogens is 302 g/mol. The molecule has 0 aliphatic heterocycles. The number of aromatic nitrogens is 2. The fraction of sp³-hybridized carbons (Fsp3) is 0.417. The van der Waals surface area contributed by atoms with Gasteiger partial charge < -0.3 is 5.11 Å². The molecule has 2 aromatic rings. The average molecular weight is 318 g/mol. The molecule has 0 saturated carbocycles. The van der Waals surface area contributed by atoms with Gasteiger partial charge in [-0.3, -0.25) is 4.40 Å². The van der Waals surface area contributed by atoms with Crippen molar-refractivity contribution in [3.8, 4) is 0 Å². The maximum absolute atomic E-state index is 12.7. The Kier molecular flexibility index (Phi) is 4.33. The number of pyridine rings is 1. The van der Waals surface area contributed by atoms with Crippen molar-refractivity contribution in [3.05, 3.63) is 29.5 Å². The van der Waals surface area contributed by atoms with Crippen molar-refractivity contribution in [3.63, 3.8) is 0 Å². The van der Waals surface area contributed by atoms with Gasteiger partial charge in [-0.15, -0.1) is 0 Å². The summed E-state index contributed by atoms with van der Waals surface area (Å²) in [5.74, 6) is 0. The number of imidazole rings is 1. The summed E-state index contributed by atoms with van der Waals surface area (Å²) >= 11 is 6.00. The molecule has 2 heterocycles. The molecule has 0 amide bonds. The Balaban J connectivity index is 2.65. The molecule has 0 aliphatic carbocycles. The average Bonchev–Trinajstić information content (AvgIpc) is 2.71. The zero-order valence-corrected chi connectivity index (χ0v) is 12.8. The molecular formula is C12H16ClN3O3S. The minimum Gasteiger partial charge on any atom is -0.395 e. The standard InChI is InChI=1S/C12H16ClN3O3S/c1-9(2)16(7-8-17)20(18,19)12-11(13)14-10-5-3-4-6-15(10)12/h3-6,9,17H,7-8H2,1-2H3. The molecule has 0 aliphatic rings. The van der Waals surface area contributed by atoms with E-state index in [0.29, 0.717) is 5.65 Å². The Hall–Kier alpha value is -1.15. The molecule has 2 rings (SSSR count). The van der Waals surface area contributed by atoms with Crippen molar-refractivity contribution in [1.29, 1.82) is 0 Å². The van der Waals surface area contributed by atoms with Crippen molar-refractivity contribution >= 4 is 27.3 Å². The zero-order valence-electron chi connectivity index (χ0n) is 11.2. The van der Waals surface area contributed by atoms with Gasteiger partial charge in [0.2, 0.25) is 0 Å². The van der Waals surface area contributed by atoms with E-state index in [1.54, 1.807) is 38.2 Å². The number of hydrogen-bond acceptors (Lipinski definition) is 4. The van der Waals surface area contributed by atoms with Crippen molar-refractivity contribution in [2.45, 2.75) is 24.9 Å². The lowest BCUT2D eigenvalue weighted by atomic mass is 10.4. The molecule has 0 unspecified atom stereocenters. The molecule has 110 valence electrons. The molecule has 2 aromatic heterocycles. The molecule has 20 heavy (non-hydrogen) atoms. The number of fused-ring (bicyclic) bond motifs is 1. The molecule has 1 N–H and O–H groups in total. The van der Waals surface area contributed by atoms with Gasteiger partial charge in [0, 0.05) is 18.8 Å². The van der Waals surface area contributed by atoms with Crippen LogP contribution < -0.4 is 0 Å². The Labute approximate surface area is 122 Å². The van der Waals surface area contributed by atoms with Gasteiger partial charge in [-0.25, -0.2) is 13.4 Å². The molecule has 0 fully saturated rings. The van der Waals surface area contributed by atoms with Gasteiger partial charge in [0.25, 0.3) is 10.0 Å². The van der Waals surface area contributed by atoms with Crippen molar-refractivity contribution in [1.82, 2.24) is 13.7 Å². The smallest absolute Gasteiger partial charge is 0.262 e. The largest absolute Gasteiger partial charge is 0.395 e. The van der Waals surface area contributed by atoms with Crippen LogP contribution in [0.4, 0.5) is 0 Å². The first-order valence-electron chi connectivity index (χ1n) is 6.15. The van der Waals surface area contributed by atoms with Crippen molar-refractivity contribution < 1.29 is 13.5 Å². The van der Waals surface area contributed by atoms with E-state index >= 15 is 0 Å². The predicted octanol–water partition coefficient (Wildman–Crippen LogP) is 1.38. The number of sulfonamides is 1. The number of rotatable bonds is 5. The van der Waals surface area contributed by atoms with Gasteiger partial charge in [0.15, 0.2) is 10.2 Å². The van der Waals surface area contributed by atoms with Crippen molar-refractivity contribution in [2.75, 3.05) is 13.2 Å². The van der Waals surface area contributed by atoms with E-state index in [1.165, 1.54) is 8.71 Å². The Morgan fingerprint density at radius 1 is 1.45 bits per heavy atom. The molecule has 0 aromatic carbocycles. The highest BCUT2D eigenvalue weighted by Gasteiger charge is 2.32. The minimum atomic E-state index is -3.83.